The third-order valence-corrected chi connectivity index (χ3v) is 4.51. The molecule has 2 unspecified atom stereocenters. The van der Waals surface area contributed by atoms with Crippen molar-refractivity contribution in [3.63, 3.8) is 0 Å². The van der Waals surface area contributed by atoms with Gasteiger partial charge in [0.15, 0.2) is 0 Å². The lowest BCUT2D eigenvalue weighted by Gasteiger charge is -2.31. The van der Waals surface area contributed by atoms with Gasteiger partial charge < -0.3 is 15.8 Å². The molecule has 0 aliphatic heterocycles. The minimum absolute atomic E-state index is 0.195. The van der Waals surface area contributed by atoms with E-state index in [4.69, 9.17) is 10.5 Å². The number of nitrogens with one attached hydrogen (secondary N) is 1. The van der Waals surface area contributed by atoms with E-state index in [2.05, 4.69) is 10.2 Å². The van der Waals surface area contributed by atoms with Crippen molar-refractivity contribution in [2.24, 2.45) is 5.73 Å². The number of carbonyl (C=O) groups excluding carboxylic acids is 1. The molecule has 0 spiro atoms. The van der Waals surface area contributed by atoms with Crippen LogP contribution in [0.2, 0.25) is 0 Å². The molecule has 0 saturated heterocycles. The summed E-state index contributed by atoms with van der Waals surface area (Å²) in [5, 5.41) is 3.33. The van der Waals surface area contributed by atoms with Crippen LogP contribution in [0, 0.1) is 0 Å². The fourth-order valence-electron chi connectivity index (χ4n) is 3.38. The van der Waals surface area contributed by atoms with Gasteiger partial charge in [0.25, 0.3) is 0 Å². The molecule has 2 fully saturated rings. The number of amides is 1. The summed E-state index contributed by atoms with van der Waals surface area (Å²) in [4.78, 5) is 14.3. The molecule has 1 amide bonds. The summed E-state index contributed by atoms with van der Waals surface area (Å²) in [5.74, 6) is -0.195. The van der Waals surface area contributed by atoms with Crippen LogP contribution in [-0.4, -0.2) is 55.2 Å². The second-order valence-electron chi connectivity index (χ2n) is 5.84. The minimum atomic E-state index is -0.486. The van der Waals surface area contributed by atoms with Crippen molar-refractivity contribution >= 4 is 5.91 Å². The quantitative estimate of drug-likeness (QED) is 0.673. The summed E-state index contributed by atoms with van der Waals surface area (Å²) in [6.07, 6.45) is 5.32. The maximum Gasteiger partial charge on any atom is 0.237 e. The molecule has 2 aliphatic carbocycles. The summed E-state index contributed by atoms with van der Waals surface area (Å²) in [5.41, 5.74) is 5.14. The monoisotopic (exact) mass is 269 g/mol. The lowest BCUT2D eigenvalue weighted by atomic mass is 9.96. The highest BCUT2D eigenvalue weighted by atomic mass is 16.5. The van der Waals surface area contributed by atoms with Crippen molar-refractivity contribution in [3.05, 3.63) is 0 Å². The number of nitrogens with zero attached hydrogens (tertiary/aromatic N) is 1. The number of primary amides is 1. The Labute approximate surface area is 115 Å². The molecule has 0 aromatic carbocycles. The van der Waals surface area contributed by atoms with Crippen LogP contribution in [0.1, 0.15) is 39.0 Å². The molecule has 0 aromatic rings. The first-order valence-corrected chi connectivity index (χ1v) is 7.42. The molecule has 5 heteroatoms. The third kappa shape index (κ3) is 3.27. The van der Waals surface area contributed by atoms with Crippen LogP contribution in [0.4, 0.5) is 0 Å². The highest BCUT2D eigenvalue weighted by Crippen LogP contribution is 2.38. The molecule has 2 saturated carbocycles. The first-order chi connectivity index (χ1) is 9.13. The third-order valence-electron chi connectivity index (χ3n) is 4.51. The number of hydrogen-bond donors (Lipinski definition) is 2. The van der Waals surface area contributed by atoms with E-state index in [-0.39, 0.29) is 5.91 Å². The van der Waals surface area contributed by atoms with Crippen LogP contribution in [0.3, 0.4) is 0 Å². The Bertz CT molecular complexity index is 320. The molecule has 0 radical (unpaired) electrons. The molecule has 110 valence electrons. The van der Waals surface area contributed by atoms with Crippen LogP contribution >= 0.6 is 0 Å². The molecule has 19 heavy (non-hydrogen) atoms. The smallest absolute Gasteiger partial charge is 0.237 e. The van der Waals surface area contributed by atoms with Crippen LogP contribution in [-0.2, 0) is 9.53 Å². The zero-order chi connectivity index (χ0) is 13.9. The Balaban J connectivity index is 1.99. The van der Waals surface area contributed by atoms with E-state index >= 15 is 0 Å². The lowest BCUT2D eigenvalue weighted by Crippen LogP contribution is -2.54. The van der Waals surface area contributed by atoms with Gasteiger partial charge in [-0.3, -0.25) is 9.69 Å². The van der Waals surface area contributed by atoms with E-state index in [1.807, 2.05) is 6.92 Å². The molecular weight excluding hydrogens is 242 g/mol. The normalized spacial score (nSPS) is 31.0. The summed E-state index contributed by atoms with van der Waals surface area (Å²) < 4.78 is 5.21. The Morgan fingerprint density at radius 3 is 2.68 bits per heavy atom. The number of likely N-dealkylation sites (N-methyl/N-ethyl adjacent to an activating group) is 1. The van der Waals surface area contributed by atoms with E-state index in [1.165, 1.54) is 12.8 Å². The number of carbonyl (C=O) groups is 1. The van der Waals surface area contributed by atoms with Crippen LogP contribution in [0.15, 0.2) is 0 Å². The molecular formula is C14H27N3O2. The Kier molecular flexibility index (Phi) is 4.81. The van der Waals surface area contributed by atoms with Crippen LogP contribution in [0.5, 0.6) is 0 Å². The average Bonchev–Trinajstić information content (AvgIpc) is 3.12. The molecule has 2 atom stereocenters. The number of methoxy groups -OCH3 is 1. The van der Waals surface area contributed by atoms with E-state index in [0.717, 1.165) is 39.0 Å². The fourth-order valence-corrected chi connectivity index (χ4v) is 3.38. The van der Waals surface area contributed by atoms with E-state index in [9.17, 15) is 4.79 Å². The molecule has 3 N–H and O–H groups in total. The van der Waals surface area contributed by atoms with Gasteiger partial charge in [0, 0.05) is 25.7 Å². The Morgan fingerprint density at radius 1 is 1.42 bits per heavy atom. The Hall–Kier alpha value is -0.650. The average molecular weight is 269 g/mol. The van der Waals surface area contributed by atoms with Gasteiger partial charge in [0.2, 0.25) is 5.91 Å². The SMILES string of the molecule is CCNC1(C(N)=O)CCC(N(CCOC)C2CC2)C1. The maximum absolute atomic E-state index is 11.8. The molecule has 0 aromatic heterocycles. The zero-order valence-corrected chi connectivity index (χ0v) is 12.2. The minimum Gasteiger partial charge on any atom is -0.383 e. The van der Waals surface area contributed by atoms with Gasteiger partial charge in [-0.05, 0) is 38.6 Å². The van der Waals surface area contributed by atoms with Gasteiger partial charge >= 0.3 is 0 Å². The topological polar surface area (TPSA) is 67.6 Å². The summed E-state index contributed by atoms with van der Waals surface area (Å²) in [6, 6.07) is 1.17. The second kappa shape index (κ2) is 6.20. The maximum atomic E-state index is 11.8. The zero-order valence-electron chi connectivity index (χ0n) is 12.2. The number of hydrogen-bond acceptors (Lipinski definition) is 4. The summed E-state index contributed by atoms with van der Waals surface area (Å²) in [7, 11) is 1.74. The van der Waals surface area contributed by atoms with Gasteiger partial charge in [-0.25, -0.2) is 0 Å². The van der Waals surface area contributed by atoms with Gasteiger partial charge in [-0.1, -0.05) is 6.92 Å². The van der Waals surface area contributed by atoms with Crippen molar-refractivity contribution in [3.8, 4) is 0 Å². The predicted octanol–water partition coefficient (Wildman–Crippen LogP) is 0.483. The van der Waals surface area contributed by atoms with E-state index < -0.39 is 5.54 Å². The van der Waals surface area contributed by atoms with Crippen molar-refractivity contribution in [1.82, 2.24) is 10.2 Å². The largest absolute Gasteiger partial charge is 0.383 e. The number of nitrogens with two attached hydrogens (primary N) is 1. The molecule has 2 rings (SSSR count). The fraction of sp³-hybridized carbons (Fsp3) is 0.929. The number of rotatable bonds is 8. The van der Waals surface area contributed by atoms with E-state index in [0.29, 0.717) is 12.1 Å². The highest BCUT2D eigenvalue weighted by Gasteiger charge is 2.47. The molecule has 5 nitrogen and oxygen atoms in total. The summed E-state index contributed by atoms with van der Waals surface area (Å²) in [6.45, 7) is 4.54. The van der Waals surface area contributed by atoms with Crippen molar-refractivity contribution in [2.45, 2.75) is 56.7 Å². The molecule has 2 aliphatic rings. The van der Waals surface area contributed by atoms with Crippen molar-refractivity contribution < 1.29 is 9.53 Å². The summed E-state index contributed by atoms with van der Waals surface area (Å²) >= 11 is 0. The van der Waals surface area contributed by atoms with Gasteiger partial charge in [-0.2, -0.15) is 0 Å². The van der Waals surface area contributed by atoms with Crippen molar-refractivity contribution in [2.75, 3.05) is 26.8 Å². The van der Waals surface area contributed by atoms with Gasteiger partial charge in [0.1, 0.15) is 0 Å². The Morgan fingerprint density at radius 2 is 2.16 bits per heavy atom. The van der Waals surface area contributed by atoms with Gasteiger partial charge in [-0.15, -0.1) is 0 Å². The number of ether oxygens (including phenoxy) is 1. The van der Waals surface area contributed by atoms with E-state index in [1.54, 1.807) is 7.11 Å². The highest BCUT2D eigenvalue weighted by molar-refractivity contribution is 5.85. The van der Waals surface area contributed by atoms with Gasteiger partial charge in [0.05, 0.1) is 12.1 Å². The first-order valence-electron chi connectivity index (χ1n) is 7.42. The molecule has 0 bridgehead atoms. The second-order valence-corrected chi connectivity index (χ2v) is 5.84. The van der Waals surface area contributed by atoms with Crippen LogP contribution in [0.25, 0.3) is 0 Å². The standard InChI is InChI=1S/C14H27N3O2/c1-3-16-14(13(15)18)7-6-12(10-14)17(8-9-19-2)11-4-5-11/h11-12,16H,3-10H2,1-2H3,(H2,15,18). The van der Waals surface area contributed by atoms with Crippen molar-refractivity contribution in [1.29, 1.82) is 0 Å². The van der Waals surface area contributed by atoms with Crippen LogP contribution < -0.4 is 11.1 Å². The first kappa shape index (κ1) is 14.8. The predicted molar refractivity (Wildman–Crippen MR) is 74.8 cm³/mol. The lowest BCUT2D eigenvalue weighted by molar-refractivity contribution is -0.124. The molecule has 0 heterocycles.